The number of ether oxygens (including phenoxy) is 2. The predicted molar refractivity (Wildman–Crippen MR) is 95.4 cm³/mol. The second-order valence-electron chi connectivity index (χ2n) is 6.43. The Morgan fingerprint density at radius 3 is 2.62 bits per heavy atom. The van der Waals surface area contributed by atoms with Crippen molar-refractivity contribution in [3.05, 3.63) is 17.8 Å². The number of aryl methyl sites for hydroxylation is 1. The standard InChI is InChI=1S/C19H30N2O3/c1-4-6-14-23-17-11-10-16(15(3)20-17)21-18(22)19(24-5-2)12-8-7-9-13-19/h10-11H,4-9,12-14H2,1-3H3,(H,21,22). The van der Waals surface area contributed by atoms with E-state index in [1.807, 2.05) is 26.0 Å². The monoisotopic (exact) mass is 334 g/mol. The molecule has 1 heterocycles. The molecule has 0 saturated heterocycles. The van der Waals surface area contributed by atoms with Crippen LogP contribution in [0.15, 0.2) is 12.1 Å². The second kappa shape index (κ2) is 9.02. The van der Waals surface area contributed by atoms with Gasteiger partial charge < -0.3 is 14.8 Å². The number of hydrogen-bond acceptors (Lipinski definition) is 4. The fourth-order valence-electron chi connectivity index (χ4n) is 3.14. The Hall–Kier alpha value is -1.62. The number of nitrogens with zero attached hydrogens (tertiary/aromatic N) is 1. The first-order chi connectivity index (χ1) is 11.6. The lowest BCUT2D eigenvalue weighted by molar-refractivity contribution is -0.145. The van der Waals surface area contributed by atoms with Crippen LogP contribution in [0.4, 0.5) is 5.69 Å². The van der Waals surface area contributed by atoms with Gasteiger partial charge in [-0.15, -0.1) is 0 Å². The van der Waals surface area contributed by atoms with E-state index in [1.54, 1.807) is 0 Å². The molecular weight excluding hydrogens is 304 g/mol. The number of carbonyl (C=O) groups is 1. The Kier molecular flexibility index (Phi) is 7.03. The molecule has 1 saturated carbocycles. The number of nitrogens with one attached hydrogen (secondary N) is 1. The molecule has 0 radical (unpaired) electrons. The van der Waals surface area contributed by atoms with Gasteiger partial charge in [0, 0.05) is 12.7 Å². The molecule has 134 valence electrons. The van der Waals surface area contributed by atoms with Crippen LogP contribution in [0.25, 0.3) is 0 Å². The highest BCUT2D eigenvalue weighted by Crippen LogP contribution is 2.33. The summed E-state index contributed by atoms with van der Waals surface area (Å²) in [6, 6.07) is 3.68. The van der Waals surface area contributed by atoms with Gasteiger partial charge >= 0.3 is 0 Å². The minimum Gasteiger partial charge on any atom is -0.478 e. The van der Waals surface area contributed by atoms with Gasteiger partial charge in [0.25, 0.3) is 5.91 Å². The molecule has 2 rings (SSSR count). The molecule has 0 unspecified atom stereocenters. The fraction of sp³-hybridized carbons (Fsp3) is 0.684. The van der Waals surface area contributed by atoms with Crippen molar-refractivity contribution in [3.63, 3.8) is 0 Å². The van der Waals surface area contributed by atoms with Crippen molar-refractivity contribution in [2.75, 3.05) is 18.5 Å². The molecule has 0 atom stereocenters. The molecule has 5 nitrogen and oxygen atoms in total. The molecular formula is C19H30N2O3. The molecule has 0 aliphatic heterocycles. The number of rotatable bonds is 8. The van der Waals surface area contributed by atoms with Gasteiger partial charge in [0.15, 0.2) is 0 Å². The van der Waals surface area contributed by atoms with Crippen molar-refractivity contribution in [1.29, 1.82) is 0 Å². The number of anilines is 1. The molecule has 1 fully saturated rings. The molecule has 1 aliphatic carbocycles. The quantitative estimate of drug-likeness (QED) is 0.722. The third kappa shape index (κ3) is 4.69. The lowest BCUT2D eigenvalue weighted by Gasteiger charge is -2.35. The van der Waals surface area contributed by atoms with Crippen LogP contribution < -0.4 is 10.1 Å². The number of amides is 1. The van der Waals surface area contributed by atoms with Crippen LogP contribution >= 0.6 is 0 Å². The zero-order chi connectivity index (χ0) is 17.4. The van der Waals surface area contributed by atoms with Gasteiger partial charge in [0.2, 0.25) is 5.88 Å². The van der Waals surface area contributed by atoms with Crippen molar-refractivity contribution in [2.45, 2.75) is 71.3 Å². The van der Waals surface area contributed by atoms with Crippen molar-refractivity contribution in [3.8, 4) is 5.88 Å². The predicted octanol–water partition coefficient (Wildman–Crippen LogP) is 4.25. The van der Waals surface area contributed by atoms with Gasteiger partial charge in [-0.1, -0.05) is 32.6 Å². The Labute approximate surface area is 145 Å². The second-order valence-corrected chi connectivity index (χ2v) is 6.43. The van der Waals surface area contributed by atoms with E-state index in [1.165, 1.54) is 6.42 Å². The zero-order valence-electron chi connectivity index (χ0n) is 15.2. The van der Waals surface area contributed by atoms with Crippen LogP contribution in [0, 0.1) is 6.92 Å². The first-order valence-corrected chi connectivity index (χ1v) is 9.17. The maximum atomic E-state index is 12.8. The van der Waals surface area contributed by atoms with E-state index in [4.69, 9.17) is 9.47 Å². The lowest BCUT2D eigenvalue weighted by atomic mass is 9.83. The summed E-state index contributed by atoms with van der Waals surface area (Å²) in [6.45, 7) is 7.17. The van der Waals surface area contributed by atoms with E-state index < -0.39 is 5.60 Å². The molecule has 1 aliphatic rings. The van der Waals surface area contributed by atoms with Gasteiger partial charge in [-0.05, 0) is 39.2 Å². The molecule has 1 aromatic heterocycles. The number of pyridine rings is 1. The van der Waals surface area contributed by atoms with Crippen molar-refractivity contribution < 1.29 is 14.3 Å². The summed E-state index contributed by atoms with van der Waals surface area (Å²) in [6.07, 6.45) is 6.92. The molecule has 1 amide bonds. The molecule has 0 aromatic carbocycles. The minimum atomic E-state index is -0.685. The van der Waals surface area contributed by atoms with Crippen LogP contribution in [0.5, 0.6) is 5.88 Å². The Balaban J connectivity index is 2.04. The first kappa shape index (κ1) is 18.7. The number of aromatic nitrogens is 1. The van der Waals surface area contributed by atoms with E-state index in [0.29, 0.717) is 19.1 Å². The number of unbranched alkanes of at least 4 members (excludes halogenated alkanes) is 1. The van der Waals surface area contributed by atoms with E-state index in [-0.39, 0.29) is 5.91 Å². The SMILES string of the molecule is CCCCOc1ccc(NC(=O)C2(OCC)CCCCC2)c(C)n1. The fourth-order valence-corrected chi connectivity index (χ4v) is 3.14. The van der Waals surface area contributed by atoms with Crippen molar-refractivity contribution in [2.24, 2.45) is 0 Å². The van der Waals surface area contributed by atoms with Crippen LogP contribution in [0.2, 0.25) is 0 Å². The van der Waals surface area contributed by atoms with Crippen LogP contribution in [-0.2, 0) is 9.53 Å². The number of carbonyl (C=O) groups excluding carboxylic acids is 1. The Morgan fingerprint density at radius 1 is 1.25 bits per heavy atom. The van der Waals surface area contributed by atoms with Gasteiger partial charge in [-0.25, -0.2) is 4.98 Å². The highest BCUT2D eigenvalue weighted by atomic mass is 16.5. The summed E-state index contributed by atoms with van der Waals surface area (Å²) in [4.78, 5) is 17.3. The Bertz CT molecular complexity index is 534. The molecule has 1 N–H and O–H groups in total. The van der Waals surface area contributed by atoms with Gasteiger partial charge in [0.05, 0.1) is 18.0 Å². The third-order valence-electron chi connectivity index (χ3n) is 4.55. The van der Waals surface area contributed by atoms with E-state index in [0.717, 1.165) is 49.9 Å². The van der Waals surface area contributed by atoms with E-state index in [2.05, 4.69) is 17.2 Å². The average Bonchev–Trinajstić information content (AvgIpc) is 2.58. The molecule has 0 bridgehead atoms. The summed E-state index contributed by atoms with van der Waals surface area (Å²) in [5.41, 5.74) is 0.808. The highest BCUT2D eigenvalue weighted by Gasteiger charge is 2.40. The molecule has 0 spiro atoms. The summed E-state index contributed by atoms with van der Waals surface area (Å²) in [5, 5.41) is 3.02. The largest absolute Gasteiger partial charge is 0.478 e. The summed E-state index contributed by atoms with van der Waals surface area (Å²) in [5.74, 6) is 0.560. The summed E-state index contributed by atoms with van der Waals surface area (Å²) >= 11 is 0. The van der Waals surface area contributed by atoms with Gasteiger partial charge in [0.1, 0.15) is 5.60 Å². The van der Waals surface area contributed by atoms with Crippen LogP contribution in [0.1, 0.15) is 64.5 Å². The first-order valence-electron chi connectivity index (χ1n) is 9.17. The smallest absolute Gasteiger partial charge is 0.256 e. The van der Waals surface area contributed by atoms with Gasteiger partial charge in [-0.3, -0.25) is 4.79 Å². The average molecular weight is 334 g/mol. The lowest BCUT2D eigenvalue weighted by Crippen LogP contribution is -2.47. The summed E-state index contributed by atoms with van der Waals surface area (Å²) < 4.78 is 11.5. The van der Waals surface area contributed by atoms with E-state index in [9.17, 15) is 4.79 Å². The zero-order valence-corrected chi connectivity index (χ0v) is 15.2. The van der Waals surface area contributed by atoms with Crippen molar-refractivity contribution >= 4 is 11.6 Å². The topological polar surface area (TPSA) is 60.5 Å². The highest BCUT2D eigenvalue weighted by molar-refractivity contribution is 5.97. The molecule has 5 heteroatoms. The third-order valence-corrected chi connectivity index (χ3v) is 4.55. The van der Waals surface area contributed by atoms with Crippen molar-refractivity contribution in [1.82, 2.24) is 4.98 Å². The summed E-state index contributed by atoms with van der Waals surface area (Å²) in [7, 11) is 0. The maximum Gasteiger partial charge on any atom is 0.256 e. The van der Waals surface area contributed by atoms with Crippen LogP contribution in [0.3, 0.4) is 0 Å². The maximum absolute atomic E-state index is 12.8. The van der Waals surface area contributed by atoms with Gasteiger partial charge in [-0.2, -0.15) is 0 Å². The van der Waals surface area contributed by atoms with Crippen LogP contribution in [-0.4, -0.2) is 29.7 Å². The molecule has 1 aromatic rings. The number of hydrogen-bond donors (Lipinski definition) is 1. The normalized spacial score (nSPS) is 16.6. The Morgan fingerprint density at radius 2 is 2.00 bits per heavy atom. The molecule has 24 heavy (non-hydrogen) atoms. The van der Waals surface area contributed by atoms with E-state index >= 15 is 0 Å². The minimum absolute atomic E-state index is 0.0476.